The maximum atomic E-state index is 12.9. The fourth-order valence-corrected chi connectivity index (χ4v) is 2.99. The molecule has 1 unspecified atom stereocenters. The number of nitrogens with one attached hydrogen (secondary N) is 1. The predicted molar refractivity (Wildman–Crippen MR) is 91.0 cm³/mol. The molecule has 0 saturated carbocycles. The van der Waals surface area contributed by atoms with Gasteiger partial charge < -0.3 is 5.32 Å². The Morgan fingerprint density at radius 1 is 1.29 bits per heavy atom. The Hall–Kier alpha value is -3.02. The third-order valence-electron chi connectivity index (χ3n) is 4.44. The summed E-state index contributed by atoms with van der Waals surface area (Å²) in [4.78, 5) is 21.5. The van der Waals surface area contributed by atoms with Gasteiger partial charge >= 0.3 is 0 Å². The van der Waals surface area contributed by atoms with Crippen LogP contribution in [0.25, 0.3) is 11.1 Å². The molecule has 1 N–H and O–H groups in total. The van der Waals surface area contributed by atoms with Gasteiger partial charge in [0.1, 0.15) is 11.5 Å². The Balaban J connectivity index is 1.71. The third-order valence-corrected chi connectivity index (χ3v) is 4.44. The molecule has 3 aromatic rings. The number of rotatable bonds is 3. The van der Waals surface area contributed by atoms with Crippen LogP contribution in [-0.4, -0.2) is 32.1 Å². The van der Waals surface area contributed by atoms with Crippen LogP contribution in [0.3, 0.4) is 0 Å². The molecule has 0 amide bonds. The number of Topliss-reactive ketones (excluding diaryl/α,β-unsaturated/α-hetero) is 1. The van der Waals surface area contributed by atoms with Crippen LogP contribution in [0, 0.1) is 6.92 Å². The first-order valence-electron chi connectivity index (χ1n) is 7.82. The molecule has 3 aromatic heterocycles. The van der Waals surface area contributed by atoms with E-state index in [0.29, 0.717) is 12.2 Å². The van der Waals surface area contributed by atoms with Crippen molar-refractivity contribution >= 4 is 11.6 Å². The molecule has 1 atom stereocenters. The van der Waals surface area contributed by atoms with Crippen LogP contribution in [0.15, 0.2) is 42.9 Å². The van der Waals surface area contributed by atoms with Crippen molar-refractivity contribution in [2.75, 3.05) is 11.9 Å². The van der Waals surface area contributed by atoms with Crippen molar-refractivity contribution in [3.05, 3.63) is 59.8 Å². The van der Waals surface area contributed by atoms with Gasteiger partial charge in [-0.3, -0.25) is 14.5 Å². The summed E-state index contributed by atoms with van der Waals surface area (Å²) in [6.07, 6.45) is 5.34. The Bertz CT molecular complexity index is 897. The van der Waals surface area contributed by atoms with E-state index < -0.39 is 0 Å². The number of hydrogen-bond acceptors (Lipinski definition) is 5. The van der Waals surface area contributed by atoms with E-state index in [-0.39, 0.29) is 11.7 Å². The molecular weight excluding hydrogens is 302 g/mol. The maximum Gasteiger partial charge on any atom is 0.192 e. The van der Waals surface area contributed by atoms with E-state index in [9.17, 15) is 4.79 Å². The van der Waals surface area contributed by atoms with E-state index >= 15 is 0 Å². The predicted octanol–water partition coefficient (Wildman–Crippen LogP) is 2.58. The second-order valence-electron chi connectivity index (χ2n) is 6.00. The van der Waals surface area contributed by atoms with Crippen molar-refractivity contribution in [1.29, 1.82) is 0 Å². The summed E-state index contributed by atoms with van der Waals surface area (Å²) in [6, 6.07) is 7.73. The van der Waals surface area contributed by atoms with E-state index in [0.717, 1.165) is 28.2 Å². The first-order valence-corrected chi connectivity index (χ1v) is 7.82. The number of aryl methyl sites for hydroxylation is 2. The summed E-state index contributed by atoms with van der Waals surface area (Å²) in [5.41, 5.74) is 4.33. The van der Waals surface area contributed by atoms with Gasteiger partial charge in [-0.2, -0.15) is 5.10 Å². The summed E-state index contributed by atoms with van der Waals surface area (Å²) in [5.74, 6) is 0.530. The first-order chi connectivity index (χ1) is 11.6. The SMILES string of the molecule is Cc1cc(C(=O)C2CNc3ncc(-c4cccnc4)cc32)nn1C. The first kappa shape index (κ1) is 14.6. The minimum atomic E-state index is -0.265. The Morgan fingerprint density at radius 2 is 2.17 bits per heavy atom. The molecule has 1 aliphatic heterocycles. The minimum absolute atomic E-state index is 0.0232. The Morgan fingerprint density at radius 3 is 2.88 bits per heavy atom. The second kappa shape index (κ2) is 5.56. The van der Waals surface area contributed by atoms with Crippen LogP contribution in [-0.2, 0) is 7.05 Å². The topological polar surface area (TPSA) is 72.7 Å². The van der Waals surface area contributed by atoms with Crippen LogP contribution >= 0.6 is 0 Å². The highest BCUT2D eigenvalue weighted by Crippen LogP contribution is 2.34. The summed E-state index contributed by atoms with van der Waals surface area (Å²) < 4.78 is 1.72. The van der Waals surface area contributed by atoms with Crippen molar-refractivity contribution in [3.8, 4) is 11.1 Å². The number of ketones is 1. The Labute approximate surface area is 139 Å². The fourth-order valence-electron chi connectivity index (χ4n) is 2.99. The minimum Gasteiger partial charge on any atom is -0.369 e. The highest BCUT2D eigenvalue weighted by molar-refractivity contribution is 6.01. The average molecular weight is 319 g/mol. The molecule has 0 fully saturated rings. The summed E-state index contributed by atoms with van der Waals surface area (Å²) >= 11 is 0. The van der Waals surface area contributed by atoms with Crippen LogP contribution in [0.2, 0.25) is 0 Å². The zero-order valence-corrected chi connectivity index (χ0v) is 13.5. The lowest BCUT2D eigenvalue weighted by Crippen LogP contribution is -2.15. The number of pyridine rings is 2. The number of anilines is 1. The molecule has 0 aliphatic carbocycles. The van der Waals surface area contributed by atoms with E-state index in [4.69, 9.17) is 0 Å². The number of carbonyl (C=O) groups excluding carboxylic acids is 1. The molecule has 0 saturated heterocycles. The number of nitrogens with zero attached hydrogens (tertiary/aromatic N) is 4. The van der Waals surface area contributed by atoms with E-state index in [2.05, 4.69) is 20.4 Å². The van der Waals surface area contributed by atoms with Gasteiger partial charge in [-0.25, -0.2) is 4.98 Å². The third kappa shape index (κ3) is 2.36. The van der Waals surface area contributed by atoms with E-state index in [1.165, 1.54) is 0 Å². The number of hydrogen-bond donors (Lipinski definition) is 1. The van der Waals surface area contributed by atoms with Gasteiger partial charge in [-0.05, 0) is 25.1 Å². The smallest absolute Gasteiger partial charge is 0.192 e. The normalized spacial score (nSPS) is 15.8. The van der Waals surface area contributed by atoms with E-state index in [1.807, 2.05) is 38.2 Å². The Kier molecular flexibility index (Phi) is 3.37. The molecule has 4 heterocycles. The highest BCUT2D eigenvalue weighted by Gasteiger charge is 2.32. The van der Waals surface area contributed by atoms with Crippen molar-refractivity contribution in [1.82, 2.24) is 19.7 Å². The quantitative estimate of drug-likeness (QED) is 0.751. The molecule has 6 heteroatoms. The molecular formula is C18H17N5O. The van der Waals surface area contributed by atoms with Gasteiger partial charge in [0, 0.05) is 54.6 Å². The van der Waals surface area contributed by atoms with Crippen molar-refractivity contribution in [2.45, 2.75) is 12.8 Å². The second-order valence-corrected chi connectivity index (χ2v) is 6.00. The van der Waals surface area contributed by atoms with Gasteiger partial charge in [-0.15, -0.1) is 0 Å². The molecule has 0 spiro atoms. The molecule has 6 nitrogen and oxygen atoms in total. The van der Waals surface area contributed by atoms with Crippen molar-refractivity contribution in [3.63, 3.8) is 0 Å². The molecule has 4 rings (SSSR count). The molecule has 1 aliphatic rings. The maximum absolute atomic E-state index is 12.9. The van der Waals surface area contributed by atoms with Gasteiger partial charge in [0.2, 0.25) is 0 Å². The summed E-state index contributed by atoms with van der Waals surface area (Å²) in [7, 11) is 1.84. The van der Waals surface area contributed by atoms with Crippen LogP contribution < -0.4 is 5.32 Å². The number of carbonyl (C=O) groups is 1. The number of fused-ring (bicyclic) bond motifs is 1. The fraction of sp³-hybridized carbons (Fsp3) is 0.222. The number of aromatic nitrogens is 4. The lowest BCUT2D eigenvalue weighted by molar-refractivity contribution is 0.0961. The molecule has 0 bridgehead atoms. The zero-order chi connectivity index (χ0) is 16.7. The van der Waals surface area contributed by atoms with Crippen molar-refractivity contribution < 1.29 is 4.79 Å². The van der Waals surface area contributed by atoms with Crippen LogP contribution in [0.4, 0.5) is 5.82 Å². The van der Waals surface area contributed by atoms with Gasteiger partial charge in [0.25, 0.3) is 0 Å². The molecule has 24 heavy (non-hydrogen) atoms. The highest BCUT2D eigenvalue weighted by atomic mass is 16.1. The standard InChI is InChI=1S/C18H17N5O/c1-11-6-16(22-23(11)2)17(24)15-10-21-18-14(15)7-13(9-20-18)12-4-3-5-19-8-12/h3-9,15H,10H2,1-2H3,(H,20,21). The van der Waals surface area contributed by atoms with Gasteiger partial charge in [0.15, 0.2) is 5.78 Å². The lowest BCUT2D eigenvalue weighted by Gasteiger charge is -2.08. The van der Waals surface area contributed by atoms with Crippen LogP contribution in [0.1, 0.15) is 27.7 Å². The van der Waals surface area contributed by atoms with Gasteiger partial charge in [-0.1, -0.05) is 6.07 Å². The molecule has 0 aromatic carbocycles. The monoisotopic (exact) mass is 319 g/mol. The van der Waals surface area contributed by atoms with E-state index in [1.54, 1.807) is 23.3 Å². The lowest BCUT2D eigenvalue weighted by atomic mass is 9.94. The largest absolute Gasteiger partial charge is 0.369 e. The van der Waals surface area contributed by atoms with Crippen LogP contribution in [0.5, 0.6) is 0 Å². The van der Waals surface area contributed by atoms with Gasteiger partial charge in [0.05, 0.1) is 5.92 Å². The molecule has 0 radical (unpaired) electrons. The summed E-state index contributed by atoms with van der Waals surface area (Å²) in [5, 5.41) is 7.54. The van der Waals surface area contributed by atoms with Crippen molar-refractivity contribution in [2.24, 2.45) is 7.05 Å². The summed E-state index contributed by atoms with van der Waals surface area (Å²) in [6.45, 7) is 2.49. The zero-order valence-electron chi connectivity index (χ0n) is 13.5. The average Bonchev–Trinajstić information content (AvgIpc) is 3.18. The molecule has 120 valence electrons.